The van der Waals surface area contributed by atoms with Crippen LogP contribution in [0.2, 0.25) is 0 Å². The van der Waals surface area contributed by atoms with Crippen molar-refractivity contribution in [1.29, 1.82) is 0 Å². The Morgan fingerprint density at radius 1 is 1.09 bits per heavy atom. The first-order chi connectivity index (χ1) is 10.7. The van der Waals surface area contributed by atoms with E-state index in [4.69, 9.17) is 4.74 Å². The number of nitrogens with one attached hydrogen (secondary N) is 2. The Hall–Kier alpha value is -1.75. The standard InChI is InChI=1S/C17H29N3O2/c1-4-20(5-2)13-12-19-17(21)18-11-6-14-22-16-9-7-15(3)8-10-16/h7-10H,4-6,11-14H2,1-3H3,(H2,18,19,21). The lowest BCUT2D eigenvalue weighted by molar-refractivity contribution is 0.235. The van der Waals surface area contributed by atoms with Crippen LogP contribution in [0.25, 0.3) is 0 Å². The zero-order valence-electron chi connectivity index (χ0n) is 14.0. The third-order valence-electron chi connectivity index (χ3n) is 3.50. The molecule has 0 aromatic heterocycles. The molecule has 0 bridgehead atoms. The highest BCUT2D eigenvalue weighted by Crippen LogP contribution is 2.11. The van der Waals surface area contributed by atoms with Crippen molar-refractivity contribution in [3.05, 3.63) is 29.8 Å². The molecule has 5 heteroatoms. The highest BCUT2D eigenvalue weighted by molar-refractivity contribution is 5.73. The molecule has 0 saturated heterocycles. The summed E-state index contributed by atoms with van der Waals surface area (Å²) >= 11 is 0. The molecule has 1 aromatic carbocycles. The van der Waals surface area contributed by atoms with Crippen LogP contribution in [0, 0.1) is 6.92 Å². The molecule has 0 heterocycles. The van der Waals surface area contributed by atoms with E-state index in [9.17, 15) is 4.79 Å². The molecule has 0 aliphatic heterocycles. The minimum Gasteiger partial charge on any atom is -0.494 e. The first-order valence-electron chi connectivity index (χ1n) is 8.09. The van der Waals surface area contributed by atoms with Crippen molar-refractivity contribution in [2.45, 2.75) is 27.2 Å². The molecule has 0 aliphatic carbocycles. The number of hydrogen-bond acceptors (Lipinski definition) is 3. The summed E-state index contributed by atoms with van der Waals surface area (Å²) in [6.45, 7) is 11.1. The van der Waals surface area contributed by atoms with Gasteiger partial charge in [-0.1, -0.05) is 31.5 Å². The van der Waals surface area contributed by atoms with Crippen LogP contribution < -0.4 is 15.4 Å². The largest absolute Gasteiger partial charge is 0.494 e. The second-order valence-electron chi connectivity index (χ2n) is 5.22. The number of nitrogens with zero attached hydrogens (tertiary/aromatic N) is 1. The van der Waals surface area contributed by atoms with Crippen LogP contribution in [0.15, 0.2) is 24.3 Å². The van der Waals surface area contributed by atoms with Crippen molar-refractivity contribution in [2.24, 2.45) is 0 Å². The van der Waals surface area contributed by atoms with Gasteiger partial charge in [0.2, 0.25) is 0 Å². The fraction of sp³-hybridized carbons (Fsp3) is 0.588. The van der Waals surface area contributed by atoms with E-state index in [1.165, 1.54) is 5.56 Å². The lowest BCUT2D eigenvalue weighted by Gasteiger charge is -2.18. The van der Waals surface area contributed by atoms with E-state index < -0.39 is 0 Å². The molecule has 0 saturated carbocycles. The maximum Gasteiger partial charge on any atom is 0.314 e. The minimum absolute atomic E-state index is 0.109. The van der Waals surface area contributed by atoms with Crippen LogP contribution in [0.4, 0.5) is 4.79 Å². The predicted octanol–water partition coefficient (Wildman–Crippen LogP) is 2.40. The smallest absolute Gasteiger partial charge is 0.314 e. The van der Waals surface area contributed by atoms with Crippen LogP contribution in [0.3, 0.4) is 0 Å². The SMILES string of the molecule is CCN(CC)CCNC(=O)NCCCOc1ccc(C)cc1. The molecule has 0 atom stereocenters. The van der Waals surface area contributed by atoms with Gasteiger partial charge < -0.3 is 20.3 Å². The highest BCUT2D eigenvalue weighted by atomic mass is 16.5. The van der Waals surface area contributed by atoms with Gasteiger partial charge in [0.05, 0.1) is 6.61 Å². The Balaban J connectivity index is 2.02. The monoisotopic (exact) mass is 307 g/mol. The third-order valence-corrected chi connectivity index (χ3v) is 3.50. The van der Waals surface area contributed by atoms with Gasteiger partial charge in [0.15, 0.2) is 0 Å². The summed E-state index contributed by atoms with van der Waals surface area (Å²) in [5.41, 5.74) is 1.22. The second-order valence-corrected chi connectivity index (χ2v) is 5.22. The number of carbonyl (C=O) groups is 1. The van der Waals surface area contributed by atoms with E-state index in [0.29, 0.717) is 19.7 Å². The van der Waals surface area contributed by atoms with Crippen LogP contribution in [-0.2, 0) is 0 Å². The average Bonchev–Trinajstić information content (AvgIpc) is 2.53. The van der Waals surface area contributed by atoms with Gasteiger partial charge in [-0.05, 0) is 38.6 Å². The Kier molecular flexibility index (Phi) is 9.07. The lowest BCUT2D eigenvalue weighted by atomic mass is 10.2. The molecule has 0 spiro atoms. The van der Waals surface area contributed by atoms with Gasteiger partial charge in [-0.15, -0.1) is 0 Å². The number of ether oxygens (including phenoxy) is 1. The predicted molar refractivity (Wildman–Crippen MR) is 90.5 cm³/mol. The number of likely N-dealkylation sites (N-methyl/N-ethyl adjacent to an activating group) is 1. The Morgan fingerprint density at radius 3 is 2.36 bits per heavy atom. The molecule has 0 unspecified atom stereocenters. The maximum atomic E-state index is 11.6. The van der Waals surface area contributed by atoms with Gasteiger partial charge in [0, 0.05) is 19.6 Å². The van der Waals surface area contributed by atoms with Gasteiger partial charge in [0.1, 0.15) is 5.75 Å². The minimum atomic E-state index is -0.109. The molecular formula is C17H29N3O2. The van der Waals surface area contributed by atoms with Crippen LogP contribution >= 0.6 is 0 Å². The molecule has 22 heavy (non-hydrogen) atoms. The second kappa shape index (κ2) is 10.9. The first-order valence-corrected chi connectivity index (χ1v) is 8.09. The van der Waals surface area contributed by atoms with E-state index in [1.807, 2.05) is 31.2 Å². The maximum absolute atomic E-state index is 11.6. The summed E-state index contributed by atoms with van der Waals surface area (Å²) in [6.07, 6.45) is 0.789. The lowest BCUT2D eigenvalue weighted by Crippen LogP contribution is -2.40. The summed E-state index contributed by atoms with van der Waals surface area (Å²) in [6, 6.07) is 7.86. The van der Waals surface area contributed by atoms with E-state index >= 15 is 0 Å². The van der Waals surface area contributed by atoms with Crippen molar-refractivity contribution in [3.8, 4) is 5.75 Å². The van der Waals surface area contributed by atoms with Gasteiger partial charge in [0.25, 0.3) is 0 Å². The quantitative estimate of drug-likeness (QED) is 0.653. The van der Waals surface area contributed by atoms with Gasteiger partial charge in [-0.3, -0.25) is 0 Å². The fourth-order valence-corrected chi connectivity index (χ4v) is 2.03. The summed E-state index contributed by atoms with van der Waals surface area (Å²) in [4.78, 5) is 13.9. The average molecular weight is 307 g/mol. The number of carbonyl (C=O) groups excluding carboxylic acids is 1. The van der Waals surface area contributed by atoms with Gasteiger partial charge in [-0.25, -0.2) is 4.79 Å². The Morgan fingerprint density at radius 2 is 1.73 bits per heavy atom. The van der Waals surface area contributed by atoms with Crippen molar-refractivity contribution >= 4 is 6.03 Å². The number of aryl methyl sites for hydroxylation is 1. The zero-order valence-corrected chi connectivity index (χ0v) is 14.0. The molecular weight excluding hydrogens is 278 g/mol. The molecule has 5 nitrogen and oxygen atoms in total. The fourth-order valence-electron chi connectivity index (χ4n) is 2.03. The summed E-state index contributed by atoms with van der Waals surface area (Å²) < 4.78 is 5.61. The molecule has 124 valence electrons. The summed E-state index contributed by atoms with van der Waals surface area (Å²) in [5, 5.41) is 5.70. The van der Waals surface area contributed by atoms with Gasteiger partial charge in [-0.2, -0.15) is 0 Å². The number of hydrogen-bond donors (Lipinski definition) is 2. The van der Waals surface area contributed by atoms with E-state index in [1.54, 1.807) is 0 Å². The molecule has 2 amide bonds. The summed E-state index contributed by atoms with van der Waals surface area (Å²) in [5.74, 6) is 0.870. The molecule has 0 fully saturated rings. The third kappa shape index (κ3) is 7.88. The topological polar surface area (TPSA) is 53.6 Å². The molecule has 0 radical (unpaired) electrons. The molecule has 2 N–H and O–H groups in total. The molecule has 1 rings (SSSR count). The van der Waals surface area contributed by atoms with Crippen LogP contribution in [-0.4, -0.2) is 50.3 Å². The summed E-state index contributed by atoms with van der Waals surface area (Å²) in [7, 11) is 0. The highest BCUT2D eigenvalue weighted by Gasteiger charge is 2.01. The number of benzene rings is 1. The zero-order chi connectivity index (χ0) is 16.2. The number of amides is 2. The van der Waals surface area contributed by atoms with Crippen LogP contribution in [0.5, 0.6) is 5.75 Å². The number of urea groups is 1. The normalized spacial score (nSPS) is 10.5. The van der Waals surface area contributed by atoms with Crippen molar-refractivity contribution in [3.63, 3.8) is 0 Å². The Bertz CT molecular complexity index is 416. The van der Waals surface area contributed by atoms with Crippen molar-refractivity contribution in [1.82, 2.24) is 15.5 Å². The molecule has 0 aliphatic rings. The van der Waals surface area contributed by atoms with Crippen LogP contribution in [0.1, 0.15) is 25.8 Å². The van der Waals surface area contributed by atoms with Gasteiger partial charge >= 0.3 is 6.03 Å². The number of rotatable bonds is 10. The van der Waals surface area contributed by atoms with Crippen molar-refractivity contribution < 1.29 is 9.53 Å². The first kappa shape index (κ1) is 18.3. The van der Waals surface area contributed by atoms with Crippen molar-refractivity contribution in [2.75, 3.05) is 39.3 Å². The van der Waals surface area contributed by atoms with E-state index in [2.05, 4.69) is 29.4 Å². The molecule has 1 aromatic rings. The van der Waals surface area contributed by atoms with E-state index in [0.717, 1.165) is 31.8 Å². The Labute approximate surface area is 134 Å². The van der Waals surface area contributed by atoms with E-state index in [-0.39, 0.29) is 6.03 Å².